The van der Waals surface area contributed by atoms with Crippen molar-refractivity contribution in [3.05, 3.63) is 30.1 Å². The highest BCUT2D eigenvalue weighted by atomic mass is 16.5. The quantitative estimate of drug-likeness (QED) is 0.576. The van der Waals surface area contributed by atoms with Gasteiger partial charge in [-0.25, -0.2) is 9.78 Å². The number of ether oxygens (including phenoxy) is 1. The van der Waals surface area contributed by atoms with Gasteiger partial charge in [-0.1, -0.05) is 6.58 Å². The Morgan fingerprint density at radius 2 is 2.27 bits per heavy atom. The van der Waals surface area contributed by atoms with E-state index >= 15 is 0 Å². The molecular formula is C9H10N2O4. The largest absolute Gasteiger partial charge is 0.464 e. The van der Waals surface area contributed by atoms with Gasteiger partial charge < -0.3 is 14.5 Å². The lowest BCUT2D eigenvalue weighted by atomic mass is 10.4. The molecule has 1 aromatic heterocycles. The Morgan fingerprint density at radius 1 is 1.60 bits per heavy atom. The molecule has 0 aliphatic heterocycles. The minimum absolute atomic E-state index is 0.0811. The number of rotatable bonds is 3. The molecule has 0 atom stereocenters. The molecule has 80 valence electrons. The molecule has 1 N–H and O–H groups in total. The van der Waals surface area contributed by atoms with Gasteiger partial charge in [0.15, 0.2) is 11.6 Å². The number of amides is 1. The van der Waals surface area contributed by atoms with Gasteiger partial charge in [-0.2, -0.15) is 0 Å². The van der Waals surface area contributed by atoms with Gasteiger partial charge in [0, 0.05) is 6.92 Å². The molecule has 0 bridgehead atoms. The number of carbonyl (C=O) groups excluding carboxylic acids is 2. The predicted octanol–water partition coefficient (Wildman–Crippen LogP) is 0.400. The zero-order valence-electron chi connectivity index (χ0n) is 8.36. The fourth-order valence-electron chi connectivity index (χ4n) is 0.843. The summed E-state index contributed by atoms with van der Waals surface area (Å²) in [6.07, 6.45) is 1.19. The number of methoxy groups -OCH3 is 1. The van der Waals surface area contributed by atoms with E-state index in [2.05, 4.69) is 21.6 Å². The number of hydrogen-bond acceptors (Lipinski definition) is 5. The molecule has 1 aromatic rings. The van der Waals surface area contributed by atoms with Gasteiger partial charge in [-0.05, 0) is 0 Å². The number of hydrogen-bond donors (Lipinski definition) is 1. The third-order valence-electron chi connectivity index (χ3n) is 1.55. The first-order valence-corrected chi connectivity index (χ1v) is 4.05. The monoisotopic (exact) mass is 210 g/mol. The summed E-state index contributed by atoms with van der Waals surface area (Å²) in [5, 5.41) is 2.23. The summed E-state index contributed by atoms with van der Waals surface area (Å²) in [7, 11) is 1.19. The fraction of sp³-hybridized carbons (Fsp3) is 0.222. The highest BCUT2D eigenvalue weighted by molar-refractivity contribution is 5.99. The standard InChI is InChI=1S/C9H10N2O4/c1-5(9(13)14-3)10-8(12)7-4-15-6(2)11-7/h4H,1H2,2-3H3,(H,10,12). The molecule has 0 aromatic carbocycles. The highest BCUT2D eigenvalue weighted by Gasteiger charge is 2.14. The molecule has 0 fully saturated rings. The van der Waals surface area contributed by atoms with Crippen molar-refractivity contribution >= 4 is 11.9 Å². The van der Waals surface area contributed by atoms with Gasteiger partial charge >= 0.3 is 5.97 Å². The van der Waals surface area contributed by atoms with E-state index in [9.17, 15) is 9.59 Å². The molecule has 6 nitrogen and oxygen atoms in total. The van der Waals surface area contributed by atoms with Crippen molar-refractivity contribution < 1.29 is 18.7 Å². The van der Waals surface area contributed by atoms with Gasteiger partial charge in [-0.3, -0.25) is 4.79 Å². The van der Waals surface area contributed by atoms with Crippen molar-refractivity contribution in [2.75, 3.05) is 7.11 Å². The number of esters is 1. The van der Waals surface area contributed by atoms with E-state index in [4.69, 9.17) is 4.42 Å². The minimum atomic E-state index is -0.705. The Balaban J connectivity index is 2.64. The van der Waals surface area contributed by atoms with Crippen molar-refractivity contribution in [1.82, 2.24) is 10.3 Å². The topological polar surface area (TPSA) is 81.4 Å². The maximum Gasteiger partial charge on any atom is 0.353 e. The number of aryl methyl sites for hydroxylation is 1. The maximum absolute atomic E-state index is 11.4. The molecule has 0 saturated heterocycles. The minimum Gasteiger partial charge on any atom is -0.464 e. The van der Waals surface area contributed by atoms with Crippen LogP contribution in [-0.4, -0.2) is 24.0 Å². The number of aromatic nitrogens is 1. The number of oxazole rings is 1. The third-order valence-corrected chi connectivity index (χ3v) is 1.55. The molecule has 1 rings (SSSR count). The van der Waals surface area contributed by atoms with Crippen molar-refractivity contribution in [3.63, 3.8) is 0 Å². The molecule has 15 heavy (non-hydrogen) atoms. The molecule has 0 radical (unpaired) electrons. The van der Waals surface area contributed by atoms with Crippen LogP contribution in [-0.2, 0) is 9.53 Å². The van der Waals surface area contributed by atoms with Crippen LogP contribution in [0.4, 0.5) is 0 Å². The molecule has 1 heterocycles. The lowest BCUT2D eigenvalue weighted by Gasteiger charge is -2.03. The van der Waals surface area contributed by atoms with Crippen LogP contribution in [0.5, 0.6) is 0 Å². The SMILES string of the molecule is C=C(NC(=O)c1coc(C)n1)C(=O)OC. The Hall–Kier alpha value is -2.11. The van der Waals surface area contributed by atoms with E-state index in [0.29, 0.717) is 5.89 Å². The van der Waals surface area contributed by atoms with E-state index in [1.807, 2.05) is 0 Å². The van der Waals surface area contributed by atoms with Crippen LogP contribution in [0, 0.1) is 6.92 Å². The number of carbonyl (C=O) groups is 2. The lowest BCUT2D eigenvalue weighted by molar-refractivity contribution is -0.136. The molecule has 0 spiro atoms. The zero-order valence-corrected chi connectivity index (χ0v) is 8.36. The lowest BCUT2D eigenvalue weighted by Crippen LogP contribution is -2.27. The van der Waals surface area contributed by atoms with Gasteiger partial charge in [-0.15, -0.1) is 0 Å². The highest BCUT2D eigenvalue weighted by Crippen LogP contribution is 2.01. The molecular weight excluding hydrogens is 200 g/mol. The summed E-state index contributed by atoms with van der Waals surface area (Å²) >= 11 is 0. The molecule has 0 saturated carbocycles. The van der Waals surface area contributed by atoms with E-state index < -0.39 is 11.9 Å². The van der Waals surface area contributed by atoms with Crippen LogP contribution >= 0.6 is 0 Å². The van der Waals surface area contributed by atoms with Crippen LogP contribution in [0.3, 0.4) is 0 Å². The molecule has 0 aliphatic rings. The Bertz CT molecular complexity index is 408. The van der Waals surface area contributed by atoms with Crippen LogP contribution in [0.25, 0.3) is 0 Å². The fourth-order valence-corrected chi connectivity index (χ4v) is 0.843. The predicted molar refractivity (Wildman–Crippen MR) is 49.9 cm³/mol. The summed E-state index contributed by atoms with van der Waals surface area (Å²) < 4.78 is 9.19. The summed E-state index contributed by atoms with van der Waals surface area (Å²) in [6.45, 7) is 4.94. The average molecular weight is 210 g/mol. The van der Waals surface area contributed by atoms with Crippen LogP contribution in [0.2, 0.25) is 0 Å². The van der Waals surface area contributed by atoms with E-state index in [1.54, 1.807) is 6.92 Å². The Labute approximate surface area is 85.9 Å². The van der Waals surface area contributed by atoms with E-state index in [-0.39, 0.29) is 11.4 Å². The van der Waals surface area contributed by atoms with Gasteiger partial charge in [0.05, 0.1) is 7.11 Å². The Morgan fingerprint density at radius 3 is 2.73 bits per heavy atom. The maximum atomic E-state index is 11.4. The normalized spacial score (nSPS) is 9.47. The summed E-state index contributed by atoms with van der Waals surface area (Å²) in [5.74, 6) is -0.908. The van der Waals surface area contributed by atoms with Crippen LogP contribution < -0.4 is 5.32 Å². The second kappa shape index (κ2) is 4.41. The molecule has 0 aliphatic carbocycles. The van der Waals surface area contributed by atoms with Gasteiger partial charge in [0.2, 0.25) is 0 Å². The van der Waals surface area contributed by atoms with Crippen LogP contribution in [0.15, 0.2) is 23.0 Å². The third kappa shape index (κ3) is 2.67. The molecule has 6 heteroatoms. The van der Waals surface area contributed by atoms with Crippen LogP contribution in [0.1, 0.15) is 16.4 Å². The van der Waals surface area contributed by atoms with Gasteiger partial charge in [0.25, 0.3) is 5.91 Å². The summed E-state index contributed by atoms with van der Waals surface area (Å²) in [5.41, 5.74) is -0.0688. The smallest absolute Gasteiger partial charge is 0.353 e. The first kappa shape index (κ1) is 11.0. The second-order valence-corrected chi connectivity index (χ2v) is 2.68. The van der Waals surface area contributed by atoms with Gasteiger partial charge in [0.1, 0.15) is 12.0 Å². The average Bonchev–Trinajstić information content (AvgIpc) is 2.63. The number of nitrogens with zero attached hydrogens (tertiary/aromatic N) is 1. The van der Waals surface area contributed by atoms with Crippen molar-refractivity contribution in [2.45, 2.75) is 6.92 Å². The zero-order chi connectivity index (χ0) is 11.4. The van der Waals surface area contributed by atoms with Crippen molar-refractivity contribution in [2.24, 2.45) is 0 Å². The first-order chi connectivity index (χ1) is 7.04. The number of nitrogens with one attached hydrogen (secondary N) is 1. The molecule has 0 unspecified atom stereocenters. The van der Waals surface area contributed by atoms with Crippen molar-refractivity contribution in [3.8, 4) is 0 Å². The molecule has 1 amide bonds. The van der Waals surface area contributed by atoms with Crippen molar-refractivity contribution in [1.29, 1.82) is 0 Å². The second-order valence-electron chi connectivity index (χ2n) is 2.68. The summed E-state index contributed by atoms with van der Waals surface area (Å²) in [6, 6.07) is 0. The first-order valence-electron chi connectivity index (χ1n) is 4.05. The van der Waals surface area contributed by atoms with E-state index in [1.165, 1.54) is 13.4 Å². The van der Waals surface area contributed by atoms with E-state index in [0.717, 1.165) is 0 Å². The Kier molecular flexibility index (Phi) is 3.22. The summed E-state index contributed by atoms with van der Waals surface area (Å²) in [4.78, 5) is 26.1.